The molecule has 0 aromatic heterocycles. The topological polar surface area (TPSA) is 41.6 Å². The first-order chi connectivity index (χ1) is 7.27. The molecule has 1 fully saturated rings. The quantitative estimate of drug-likeness (QED) is 0.770. The second-order valence-electron chi connectivity index (χ2n) is 3.95. The van der Waals surface area contributed by atoms with Gasteiger partial charge in [-0.05, 0) is 45.7 Å². The molecule has 88 valence electrons. The fraction of sp³-hybridized carbons (Fsp3) is 0.909. The summed E-state index contributed by atoms with van der Waals surface area (Å²) < 4.78 is 5.00. The Kier molecular flexibility index (Phi) is 5.47. The van der Waals surface area contributed by atoms with Gasteiger partial charge >= 0.3 is 6.09 Å². The van der Waals surface area contributed by atoms with Crippen LogP contribution in [0.4, 0.5) is 4.79 Å². The Bertz CT molecular complexity index is 191. The lowest BCUT2D eigenvalue weighted by Gasteiger charge is -2.28. The van der Waals surface area contributed by atoms with Crippen molar-refractivity contribution in [2.24, 2.45) is 5.92 Å². The molecule has 0 aromatic rings. The van der Waals surface area contributed by atoms with E-state index in [2.05, 4.69) is 5.32 Å². The standard InChI is InChI=1S/C11H22N2O2/c1-3-13(11(14)15-4-2)9-10-6-5-7-12-8-10/h10,12H,3-9H2,1-2H3. The van der Waals surface area contributed by atoms with Crippen LogP contribution in [0.3, 0.4) is 0 Å². The highest BCUT2D eigenvalue weighted by atomic mass is 16.6. The van der Waals surface area contributed by atoms with Crippen molar-refractivity contribution in [2.45, 2.75) is 26.7 Å². The monoisotopic (exact) mass is 214 g/mol. The van der Waals surface area contributed by atoms with E-state index >= 15 is 0 Å². The largest absolute Gasteiger partial charge is 0.450 e. The van der Waals surface area contributed by atoms with Crippen LogP contribution in [0.5, 0.6) is 0 Å². The fourth-order valence-electron chi connectivity index (χ4n) is 1.94. The van der Waals surface area contributed by atoms with E-state index in [4.69, 9.17) is 4.74 Å². The van der Waals surface area contributed by atoms with Gasteiger partial charge in [0.1, 0.15) is 0 Å². The molecule has 1 rings (SSSR count). The lowest BCUT2D eigenvalue weighted by atomic mass is 9.99. The molecule has 0 bridgehead atoms. The zero-order valence-corrected chi connectivity index (χ0v) is 9.79. The van der Waals surface area contributed by atoms with E-state index in [0.717, 1.165) is 26.2 Å². The third-order valence-corrected chi connectivity index (χ3v) is 2.79. The number of nitrogens with zero attached hydrogens (tertiary/aromatic N) is 1. The van der Waals surface area contributed by atoms with Gasteiger partial charge in [-0.3, -0.25) is 0 Å². The maximum absolute atomic E-state index is 11.5. The molecular formula is C11H22N2O2. The summed E-state index contributed by atoms with van der Waals surface area (Å²) in [4.78, 5) is 13.3. The number of carbonyl (C=O) groups is 1. The van der Waals surface area contributed by atoms with Crippen LogP contribution in [-0.2, 0) is 4.74 Å². The number of amides is 1. The van der Waals surface area contributed by atoms with Gasteiger partial charge in [-0.15, -0.1) is 0 Å². The molecule has 1 aliphatic rings. The van der Waals surface area contributed by atoms with Crippen molar-refractivity contribution in [3.63, 3.8) is 0 Å². The zero-order chi connectivity index (χ0) is 11.1. The van der Waals surface area contributed by atoms with E-state index < -0.39 is 0 Å². The SMILES string of the molecule is CCOC(=O)N(CC)CC1CCCNC1. The van der Waals surface area contributed by atoms with Gasteiger partial charge in [0.2, 0.25) is 0 Å². The van der Waals surface area contributed by atoms with Crippen LogP contribution in [0, 0.1) is 5.92 Å². The van der Waals surface area contributed by atoms with Crippen molar-refractivity contribution < 1.29 is 9.53 Å². The Morgan fingerprint density at radius 2 is 2.33 bits per heavy atom. The normalized spacial score (nSPS) is 21.1. The van der Waals surface area contributed by atoms with E-state index in [1.54, 1.807) is 4.90 Å². The van der Waals surface area contributed by atoms with Crippen LogP contribution in [0.2, 0.25) is 0 Å². The minimum absolute atomic E-state index is 0.175. The van der Waals surface area contributed by atoms with Crippen molar-refractivity contribution in [1.29, 1.82) is 0 Å². The van der Waals surface area contributed by atoms with Crippen LogP contribution in [0.25, 0.3) is 0 Å². The summed E-state index contributed by atoms with van der Waals surface area (Å²) in [6, 6.07) is 0. The maximum Gasteiger partial charge on any atom is 0.409 e. The minimum atomic E-state index is -0.175. The van der Waals surface area contributed by atoms with Gasteiger partial charge < -0.3 is 15.0 Å². The maximum atomic E-state index is 11.5. The van der Waals surface area contributed by atoms with E-state index in [0.29, 0.717) is 12.5 Å². The Morgan fingerprint density at radius 1 is 1.53 bits per heavy atom. The minimum Gasteiger partial charge on any atom is -0.450 e. The summed E-state index contributed by atoms with van der Waals surface area (Å²) >= 11 is 0. The predicted molar refractivity (Wildman–Crippen MR) is 59.9 cm³/mol. The molecule has 1 unspecified atom stereocenters. The first-order valence-corrected chi connectivity index (χ1v) is 5.90. The van der Waals surface area contributed by atoms with Gasteiger partial charge in [0.05, 0.1) is 6.61 Å². The summed E-state index contributed by atoms with van der Waals surface area (Å²) in [5, 5.41) is 3.36. The van der Waals surface area contributed by atoms with E-state index in [1.807, 2.05) is 13.8 Å². The lowest BCUT2D eigenvalue weighted by molar-refractivity contribution is 0.100. The van der Waals surface area contributed by atoms with E-state index in [9.17, 15) is 4.79 Å². The van der Waals surface area contributed by atoms with Crippen LogP contribution in [0.15, 0.2) is 0 Å². The summed E-state index contributed by atoms with van der Waals surface area (Å²) in [5.74, 6) is 0.586. The molecule has 1 N–H and O–H groups in total. The molecule has 1 heterocycles. The first-order valence-electron chi connectivity index (χ1n) is 5.90. The summed E-state index contributed by atoms with van der Waals surface area (Å²) in [5.41, 5.74) is 0. The predicted octanol–water partition coefficient (Wildman–Crippen LogP) is 1.46. The number of rotatable bonds is 4. The van der Waals surface area contributed by atoms with Crippen LogP contribution < -0.4 is 5.32 Å². The lowest BCUT2D eigenvalue weighted by Crippen LogP contribution is -2.41. The molecule has 1 atom stereocenters. The van der Waals surface area contributed by atoms with Crippen LogP contribution >= 0.6 is 0 Å². The number of ether oxygens (including phenoxy) is 1. The Morgan fingerprint density at radius 3 is 2.87 bits per heavy atom. The van der Waals surface area contributed by atoms with Crippen molar-refractivity contribution in [2.75, 3.05) is 32.8 Å². The molecule has 0 saturated carbocycles. The van der Waals surface area contributed by atoms with Gasteiger partial charge in [-0.2, -0.15) is 0 Å². The number of hydrogen-bond donors (Lipinski definition) is 1. The average molecular weight is 214 g/mol. The molecule has 4 nitrogen and oxygen atoms in total. The first kappa shape index (κ1) is 12.3. The van der Waals surface area contributed by atoms with Crippen LogP contribution in [0.1, 0.15) is 26.7 Å². The number of carbonyl (C=O) groups excluding carboxylic acids is 1. The van der Waals surface area contributed by atoms with Gasteiger partial charge in [-0.1, -0.05) is 0 Å². The molecule has 1 amide bonds. The number of hydrogen-bond acceptors (Lipinski definition) is 3. The van der Waals surface area contributed by atoms with E-state index in [-0.39, 0.29) is 6.09 Å². The molecular weight excluding hydrogens is 192 g/mol. The Hall–Kier alpha value is -0.770. The second-order valence-corrected chi connectivity index (χ2v) is 3.95. The zero-order valence-electron chi connectivity index (χ0n) is 9.79. The van der Waals surface area contributed by atoms with Gasteiger partial charge in [0, 0.05) is 13.1 Å². The van der Waals surface area contributed by atoms with Gasteiger partial charge in [-0.25, -0.2) is 4.79 Å². The van der Waals surface area contributed by atoms with Crippen molar-refractivity contribution in [1.82, 2.24) is 10.2 Å². The molecule has 4 heteroatoms. The molecule has 0 aromatic carbocycles. The highest BCUT2D eigenvalue weighted by molar-refractivity contribution is 5.67. The third-order valence-electron chi connectivity index (χ3n) is 2.79. The van der Waals surface area contributed by atoms with E-state index in [1.165, 1.54) is 12.8 Å². The summed E-state index contributed by atoms with van der Waals surface area (Å²) in [6.45, 7) is 7.98. The van der Waals surface area contributed by atoms with Gasteiger partial charge in [0.15, 0.2) is 0 Å². The van der Waals surface area contributed by atoms with Crippen LogP contribution in [-0.4, -0.2) is 43.8 Å². The molecule has 15 heavy (non-hydrogen) atoms. The summed E-state index contributed by atoms with van der Waals surface area (Å²) in [6.07, 6.45) is 2.25. The molecule has 0 spiro atoms. The average Bonchev–Trinajstić information content (AvgIpc) is 2.27. The highest BCUT2D eigenvalue weighted by Crippen LogP contribution is 2.12. The highest BCUT2D eigenvalue weighted by Gasteiger charge is 2.19. The Labute approximate surface area is 92.0 Å². The van der Waals surface area contributed by atoms with Crippen molar-refractivity contribution >= 4 is 6.09 Å². The Balaban J connectivity index is 2.34. The van der Waals surface area contributed by atoms with Crippen molar-refractivity contribution in [3.05, 3.63) is 0 Å². The smallest absolute Gasteiger partial charge is 0.409 e. The number of piperidine rings is 1. The number of nitrogens with one attached hydrogen (secondary N) is 1. The molecule has 0 radical (unpaired) electrons. The van der Waals surface area contributed by atoms with Crippen molar-refractivity contribution in [3.8, 4) is 0 Å². The summed E-state index contributed by atoms with van der Waals surface area (Å²) in [7, 11) is 0. The second kappa shape index (κ2) is 6.67. The molecule has 0 aliphatic carbocycles. The molecule has 1 aliphatic heterocycles. The third kappa shape index (κ3) is 4.08. The van der Waals surface area contributed by atoms with Gasteiger partial charge in [0.25, 0.3) is 0 Å². The fourth-order valence-corrected chi connectivity index (χ4v) is 1.94. The molecule has 1 saturated heterocycles.